The third-order valence-corrected chi connectivity index (χ3v) is 4.51. The average Bonchev–Trinajstić information content (AvgIpc) is 3.21. The Morgan fingerprint density at radius 3 is 3.04 bits per heavy atom. The van der Waals surface area contributed by atoms with Crippen LogP contribution in [0.5, 0.6) is 5.75 Å². The Bertz CT molecular complexity index is 734. The molecule has 0 saturated heterocycles. The summed E-state index contributed by atoms with van der Waals surface area (Å²) in [6, 6.07) is 5.88. The number of aryl methyl sites for hydroxylation is 1. The van der Waals surface area contributed by atoms with Crippen molar-refractivity contribution in [1.29, 1.82) is 0 Å². The highest BCUT2D eigenvalue weighted by Gasteiger charge is 2.36. The lowest BCUT2D eigenvalue weighted by molar-refractivity contribution is 0.0347. The number of carbonyl (C=O) groups excluding carboxylic acids is 1. The minimum Gasteiger partial charge on any atom is -0.488 e. The Labute approximate surface area is 145 Å². The van der Waals surface area contributed by atoms with Crippen LogP contribution < -0.4 is 10.1 Å². The summed E-state index contributed by atoms with van der Waals surface area (Å²) in [5.41, 5.74) is 0.502. The van der Waals surface area contributed by atoms with Crippen molar-refractivity contribution in [2.75, 3.05) is 6.54 Å². The predicted molar refractivity (Wildman–Crippen MR) is 89.8 cm³/mol. The van der Waals surface area contributed by atoms with Gasteiger partial charge in [0, 0.05) is 31.3 Å². The highest BCUT2D eigenvalue weighted by atomic mass is 19.1. The minimum absolute atomic E-state index is 0.0938. The van der Waals surface area contributed by atoms with Gasteiger partial charge in [-0.1, -0.05) is 6.07 Å². The predicted octanol–water partition coefficient (Wildman–Crippen LogP) is 1.99. The van der Waals surface area contributed by atoms with Crippen LogP contribution in [0.3, 0.4) is 0 Å². The van der Waals surface area contributed by atoms with E-state index in [0.717, 1.165) is 6.42 Å². The van der Waals surface area contributed by atoms with Crippen LogP contribution in [0, 0.1) is 11.7 Å². The van der Waals surface area contributed by atoms with Gasteiger partial charge in [0.1, 0.15) is 17.7 Å². The van der Waals surface area contributed by atoms with Crippen molar-refractivity contribution >= 4 is 5.91 Å². The zero-order chi connectivity index (χ0) is 17.8. The van der Waals surface area contributed by atoms with Crippen LogP contribution in [-0.4, -0.2) is 39.5 Å². The van der Waals surface area contributed by atoms with E-state index >= 15 is 0 Å². The number of aromatic nitrogens is 2. The van der Waals surface area contributed by atoms with Crippen LogP contribution in [0.4, 0.5) is 4.39 Å². The lowest BCUT2D eigenvalue weighted by atomic mass is 10.1. The molecular weight excluding hydrogens is 325 g/mol. The fourth-order valence-corrected chi connectivity index (χ4v) is 3.07. The van der Waals surface area contributed by atoms with Gasteiger partial charge in [0.25, 0.3) is 5.91 Å². The highest BCUT2D eigenvalue weighted by Crippen LogP contribution is 2.29. The molecule has 25 heavy (non-hydrogen) atoms. The van der Waals surface area contributed by atoms with Gasteiger partial charge in [0.05, 0.1) is 17.9 Å². The van der Waals surface area contributed by atoms with Crippen molar-refractivity contribution in [2.45, 2.75) is 38.5 Å². The number of nitrogens with one attached hydrogen (secondary N) is 1. The second-order valence-corrected chi connectivity index (χ2v) is 6.24. The van der Waals surface area contributed by atoms with Gasteiger partial charge in [-0.05, 0) is 31.9 Å². The molecule has 1 aliphatic rings. The minimum atomic E-state index is -0.707. The first-order chi connectivity index (χ1) is 12.1. The first-order valence-corrected chi connectivity index (χ1v) is 8.47. The average molecular weight is 347 g/mol. The van der Waals surface area contributed by atoms with Gasteiger partial charge in [-0.25, -0.2) is 4.39 Å². The summed E-state index contributed by atoms with van der Waals surface area (Å²) in [5.74, 6) is -0.271. The molecule has 6 nitrogen and oxygen atoms in total. The summed E-state index contributed by atoms with van der Waals surface area (Å²) in [5, 5.41) is 17.3. The van der Waals surface area contributed by atoms with Crippen molar-refractivity contribution in [1.82, 2.24) is 15.1 Å². The molecule has 7 heteroatoms. The first kappa shape index (κ1) is 17.4. The van der Waals surface area contributed by atoms with E-state index in [1.807, 2.05) is 6.92 Å². The molecule has 1 heterocycles. The lowest BCUT2D eigenvalue weighted by Gasteiger charge is -2.21. The topological polar surface area (TPSA) is 76.4 Å². The molecule has 0 radical (unpaired) electrons. The summed E-state index contributed by atoms with van der Waals surface area (Å²) >= 11 is 0. The zero-order valence-corrected chi connectivity index (χ0v) is 14.1. The SMILES string of the molecule is CCn1cc(C(=O)NC[C@H]2CC[C@@H](Oc3cccc(F)c3)[C@@H]2O)cn1. The smallest absolute Gasteiger partial charge is 0.254 e. The van der Waals surface area contributed by atoms with Gasteiger partial charge >= 0.3 is 0 Å². The fraction of sp³-hybridized carbons (Fsp3) is 0.444. The third kappa shape index (κ3) is 4.17. The molecular formula is C18H22FN3O3. The van der Waals surface area contributed by atoms with Crippen LogP contribution in [0.25, 0.3) is 0 Å². The molecule has 1 aromatic heterocycles. The zero-order valence-electron chi connectivity index (χ0n) is 14.1. The van der Waals surface area contributed by atoms with Gasteiger partial charge in [-0.2, -0.15) is 5.10 Å². The monoisotopic (exact) mass is 347 g/mol. The van der Waals surface area contributed by atoms with E-state index < -0.39 is 12.2 Å². The Balaban J connectivity index is 1.51. The highest BCUT2D eigenvalue weighted by molar-refractivity contribution is 5.93. The molecule has 0 aliphatic heterocycles. The Hall–Kier alpha value is -2.41. The van der Waals surface area contributed by atoms with E-state index in [1.165, 1.54) is 18.3 Å². The van der Waals surface area contributed by atoms with Crippen molar-refractivity contribution in [3.05, 3.63) is 48.0 Å². The molecule has 3 atom stereocenters. The van der Waals surface area contributed by atoms with Crippen molar-refractivity contribution in [3.8, 4) is 5.75 Å². The summed E-state index contributed by atoms with van der Waals surface area (Å²) < 4.78 is 20.6. The van der Waals surface area contributed by atoms with E-state index in [4.69, 9.17) is 4.74 Å². The maximum Gasteiger partial charge on any atom is 0.254 e. The molecule has 1 saturated carbocycles. The molecule has 0 bridgehead atoms. The van der Waals surface area contributed by atoms with Crippen molar-refractivity contribution in [3.63, 3.8) is 0 Å². The normalized spacial score (nSPS) is 22.8. The number of hydrogen-bond acceptors (Lipinski definition) is 4. The van der Waals surface area contributed by atoms with Crippen LogP contribution in [0.2, 0.25) is 0 Å². The molecule has 1 amide bonds. The van der Waals surface area contributed by atoms with Crippen LogP contribution in [0.15, 0.2) is 36.7 Å². The van der Waals surface area contributed by atoms with E-state index in [1.54, 1.807) is 23.0 Å². The second-order valence-electron chi connectivity index (χ2n) is 6.24. The Morgan fingerprint density at radius 2 is 2.32 bits per heavy atom. The largest absolute Gasteiger partial charge is 0.488 e. The lowest BCUT2D eigenvalue weighted by Crippen LogP contribution is -2.37. The Kier molecular flexibility index (Phi) is 5.33. The van der Waals surface area contributed by atoms with E-state index in [-0.39, 0.29) is 17.6 Å². The fourth-order valence-electron chi connectivity index (χ4n) is 3.07. The summed E-state index contributed by atoms with van der Waals surface area (Å²) in [6.45, 7) is 3.01. The molecule has 1 aliphatic carbocycles. The molecule has 2 N–H and O–H groups in total. The van der Waals surface area contributed by atoms with Crippen LogP contribution in [-0.2, 0) is 6.54 Å². The number of carbonyl (C=O) groups is 1. The molecule has 0 spiro atoms. The van der Waals surface area contributed by atoms with Gasteiger partial charge in [-0.3, -0.25) is 9.48 Å². The number of rotatable bonds is 6. The van der Waals surface area contributed by atoms with Gasteiger partial charge in [-0.15, -0.1) is 0 Å². The Morgan fingerprint density at radius 1 is 1.48 bits per heavy atom. The third-order valence-electron chi connectivity index (χ3n) is 4.51. The second kappa shape index (κ2) is 7.65. The standard InChI is InChI=1S/C18H22FN3O3/c1-2-22-11-13(10-21-22)18(24)20-9-12-6-7-16(17(12)23)25-15-5-3-4-14(19)8-15/h3-5,8,10-12,16-17,23H,2,6-7,9H2,1H3,(H,20,24)/t12-,16-,17-/m1/s1. The number of nitrogens with zero attached hydrogens (tertiary/aromatic N) is 2. The number of ether oxygens (including phenoxy) is 1. The number of aliphatic hydroxyl groups excluding tert-OH is 1. The number of benzene rings is 1. The molecule has 1 aromatic carbocycles. The number of amides is 1. The molecule has 3 rings (SSSR count). The van der Waals surface area contributed by atoms with E-state index in [0.29, 0.717) is 30.8 Å². The van der Waals surface area contributed by atoms with Crippen LogP contribution >= 0.6 is 0 Å². The number of aliphatic hydroxyl groups is 1. The van der Waals surface area contributed by atoms with Crippen molar-refractivity contribution in [2.24, 2.45) is 5.92 Å². The van der Waals surface area contributed by atoms with E-state index in [9.17, 15) is 14.3 Å². The molecule has 0 unspecified atom stereocenters. The van der Waals surface area contributed by atoms with E-state index in [2.05, 4.69) is 10.4 Å². The number of hydrogen-bond donors (Lipinski definition) is 2. The van der Waals surface area contributed by atoms with Gasteiger partial charge in [0.15, 0.2) is 0 Å². The molecule has 1 fully saturated rings. The number of halogens is 1. The van der Waals surface area contributed by atoms with Gasteiger partial charge in [0.2, 0.25) is 0 Å². The summed E-state index contributed by atoms with van der Waals surface area (Å²) in [4.78, 5) is 12.1. The maximum absolute atomic E-state index is 13.2. The maximum atomic E-state index is 13.2. The molecule has 134 valence electrons. The summed E-state index contributed by atoms with van der Waals surface area (Å²) in [6.07, 6.45) is 3.51. The van der Waals surface area contributed by atoms with Gasteiger partial charge < -0.3 is 15.2 Å². The molecule has 2 aromatic rings. The van der Waals surface area contributed by atoms with Crippen molar-refractivity contribution < 1.29 is 19.0 Å². The first-order valence-electron chi connectivity index (χ1n) is 8.47. The summed E-state index contributed by atoms with van der Waals surface area (Å²) in [7, 11) is 0. The van der Waals surface area contributed by atoms with Crippen LogP contribution in [0.1, 0.15) is 30.1 Å². The quantitative estimate of drug-likeness (QED) is 0.838.